The molecule has 0 heterocycles. The van der Waals surface area contributed by atoms with Gasteiger partial charge in [-0.3, -0.25) is 14.4 Å². The number of nitrogens with one attached hydrogen (secondary N) is 2. The Balaban J connectivity index is 3.71. The summed E-state index contributed by atoms with van der Waals surface area (Å²) in [6.45, 7) is 5.37. The maximum Gasteiger partial charge on any atom is 0.315 e. The van der Waals surface area contributed by atoms with Gasteiger partial charge in [-0.1, -0.05) is 13.8 Å². The Bertz CT molecular complexity index is 276. The normalized spacial score (nSPS) is 12.0. The predicted octanol–water partition coefficient (Wildman–Crippen LogP) is -0.404. The fourth-order valence-corrected chi connectivity index (χ4v) is 0.841. The molecule has 2 amide bonds. The van der Waals surface area contributed by atoms with Gasteiger partial charge in [0.25, 0.3) is 0 Å². The molecule has 0 aromatic rings. The van der Waals surface area contributed by atoms with E-state index in [9.17, 15) is 14.4 Å². The molecular formula is C10H18N2O4. The Labute approximate surface area is 94.4 Å². The van der Waals surface area contributed by atoms with Crippen molar-refractivity contribution in [3.8, 4) is 0 Å². The number of carboxylic acid groups (broad SMARTS) is 1. The summed E-state index contributed by atoms with van der Waals surface area (Å²) in [5, 5.41) is 13.6. The van der Waals surface area contributed by atoms with Crippen LogP contribution in [0.15, 0.2) is 0 Å². The lowest BCUT2D eigenvalue weighted by molar-refractivity contribution is -0.146. The molecule has 16 heavy (non-hydrogen) atoms. The monoisotopic (exact) mass is 230 g/mol. The number of hydrogen-bond acceptors (Lipinski definition) is 3. The van der Waals surface area contributed by atoms with E-state index in [1.165, 1.54) is 6.92 Å². The van der Waals surface area contributed by atoms with Gasteiger partial charge in [0, 0.05) is 19.0 Å². The SMILES string of the molecule is CC(C)C(=O)NCCNC(=O)C(C)C(=O)O. The van der Waals surface area contributed by atoms with Crippen LogP contribution in [0.4, 0.5) is 0 Å². The van der Waals surface area contributed by atoms with Crippen molar-refractivity contribution in [3.63, 3.8) is 0 Å². The van der Waals surface area contributed by atoms with E-state index in [1.54, 1.807) is 13.8 Å². The Hall–Kier alpha value is -1.59. The summed E-state index contributed by atoms with van der Waals surface area (Å²) < 4.78 is 0. The summed E-state index contributed by atoms with van der Waals surface area (Å²) in [5.41, 5.74) is 0. The third-order valence-electron chi connectivity index (χ3n) is 2.01. The first-order chi connectivity index (χ1) is 7.36. The number of hydrogen-bond donors (Lipinski definition) is 3. The van der Waals surface area contributed by atoms with Crippen LogP contribution >= 0.6 is 0 Å². The molecule has 0 aliphatic rings. The number of carbonyl (C=O) groups excluding carboxylic acids is 2. The minimum absolute atomic E-state index is 0.0967. The van der Waals surface area contributed by atoms with Crippen LogP contribution in [-0.2, 0) is 14.4 Å². The highest BCUT2D eigenvalue weighted by Gasteiger charge is 2.19. The van der Waals surface area contributed by atoms with Crippen molar-refractivity contribution in [1.82, 2.24) is 10.6 Å². The van der Waals surface area contributed by atoms with Crippen molar-refractivity contribution < 1.29 is 19.5 Å². The fraction of sp³-hybridized carbons (Fsp3) is 0.700. The van der Waals surface area contributed by atoms with Crippen LogP contribution in [-0.4, -0.2) is 36.0 Å². The van der Waals surface area contributed by atoms with E-state index in [-0.39, 0.29) is 18.4 Å². The molecule has 6 heteroatoms. The highest BCUT2D eigenvalue weighted by atomic mass is 16.4. The van der Waals surface area contributed by atoms with Crippen LogP contribution in [0.1, 0.15) is 20.8 Å². The van der Waals surface area contributed by atoms with Gasteiger partial charge in [-0.05, 0) is 6.92 Å². The average Bonchev–Trinajstić information content (AvgIpc) is 2.22. The molecule has 0 rings (SSSR count). The van der Waals surface area contributed by atoms with Gasteiger partial charge < -0.3 is 15.7 Å². The molecule has 1 atom stereocenters. The molecule has 0 fully saturated rings. The molecule has 0 aromatic carbocycles. The summed E-state index contributed by atoms with van der Waals surface area (Å²) in [7, 11) is 0. The van der Waals surface area contributed by atoms with E-state index in [1.807, 2.05) is 0 Å². The van der Waals surface area contributed by atoms with E-state index in [0.29, 0.717) is 6.54 Å². The topological polar surface area (TPSA) is 95.5 Å². The molecule has 3 N–H and O–H groups in total. The second-order valence-corrected chi connectivity index (χ2v) is 3.80. The molecule has 92 valence electrons. The van der Waals surface area contributed by atoms with Crippen LogP contribution in [0.25, 0.3) is 0 Å². The highest BCUT2D eigenvalue weighted by molar-refractivity contribution is 5.96. The third kappa shape index (κ3) is 5.33. The van der Waals surface area contributed by atoms with Crippen molar-refractivity contribution in [1.29, 1.82) is 0 Å². The highest BCUT2D eigenvalue weighted by Crippen LogP contribution is 1.93. The van der Waals surface area contributed by atoms with Gasteiger partial charge in [-0.25, -0.2) is 0 Å². The van der Waals surface area contributed by atoms with E-state index in [4.69, 9.17) is 5.11 Å². The second-order valence-electron chi connectivity index (χ2n) is 3.80. The van der Waals surface area contributed by atoms with Gasteiger partial charge in [-0.2, -0.15) is 0 Å². The first kappa shape index (κ1) is 14.4. The zero-order valence-electron chi connectivity index (χ0n) is 9.74. The largest absolute Gasteiger partial charge is 0.481 e. The van der Waals surface area contributed by atoms with Crippen molar-refractivity contribution in [3.05, 3.63) is 0 Å². The number of amides is 2. The Morgan fingerprint density at radius 2 is 1.44 bits per heavy atom. The lowest BCUT2D eigenvalue weighted by atomic mass is 10.2. The van der Waals surface area contributed by atoms with Crippen molar-refractivity contribution in [2.24, 2.45) is 11.8 Å². The molecule has 0 spiro atoms. The van der Waals surface area contributed by atoms with Crippen LogP contribution in [0.5, 0.6) is 0 Å². The quantitative estimate of drug-likeness (QED) is 0.427. The summed E-state index contributed by atoms with van der Waals surface area (Å²) in [6, 6.07) is 0. The van der Waals surface area contributed by atoms with Crippen LogP contribution in [0, 0.1) is 11.8 Å². The standard InChI is InChI=1S/C10H18N2O4/c1-6(2)8(13)11-4-5-12-9(14)7(3)10(15)16/h6-7H,4-5H2,1-3H3,(H,11,13)(H,12,14)(H,15,16). The van der Waals surface area contributed by atoms with Gasteiger partial charge in [0.2, 0.25) is 11.8 Å². The summed E-state index contributed by atoms with van der Waals surface area (Å²) in [4.78, 5) is 32.7. The van der Waals surface area contributed by atoms with Gasteiger partial charge in [0.1, 0.15) is 5.92 Å². The van der Waals surface area contributed by atoms with Crippen molar-refractivity contribution >= 4 is 17.8 Å². The average molecular weight is 230 g/mol. The number of aliphatic carboxylic acids is 1. The maximum absolute atomic E-state index is 11.2. The van der Waals surface area contributed by atoms with Gasteiger partial charge in [0.15, 0.2) is 0 Å². The predicted molar refractivity (Wildman–Crippen MR) is 57.7 cm³/mol. The fourth-order valence-electron chi connectivity index (χ4n) is 0.841. The van der Waals surface area contributed by atoms with E-state index in [2.05, 4.69) is 10.6 Å². The minimum atomic E-state index is -1.16. The van der Waals surface area contributed by atoms with E-state index >= 15 is 0 Å². The zero-order valence-corrected chi connectivity index (χ0v) is 9.74. The second kappa shape index (κ2) is 6.81. The summed E-state index contributed by atoms with van der Waals surface area (Å²) >= 11 is 0. The Kier molecular flexibility index (Phi) is 6.14. The molecular weight excluding hydrogens is 212 g/mol. The Morgan fingerprint density at radius 1 is 1.00 bits per heavy atom. The number of carbonyl (C=O) groups is 3. The molecule has 0 bridgehead atoms. The smallest absolute Gasteiger partial charge is 0.315 e. The van der Waals surface area contributed by atoms with Crippen LogP contribution < -0.4 is 10.6 Å². The minimum Gasteiger partial charge on any atom is -0.481 e. The van der Waals surface area contributed by atoms with E-state index in [0.717, 1.165) is 0 Å². The lowest BCUT2D eigenvalue weighted by Gasteiger charge is -2.10. The first-order valence-electron chi connectivity index (χ1n) is 5.14. The van der Waals surface area contributed by atoms with Gasteiger partial charge >= 0.3 is 5.97 Å². The number of rotatable bonds is 6. The third-order valence-corrected chi connectivity index (χ3v) is 2.01. The molecule has 6 nitrogen and oxygen atoms in total. The zero-order chi connectivity index (χ0) is 12.7. The molecule has 1 unspecified atom stereocenters. The number of carboxylic acids is 1. The summed E-state index contributed by atoms with van der Waals surface area (Å²) in [5.74, 6) is -2.98. The first-order valence-corrected chi connectivity index (χ1v) is 5.14. The van der Waals surface area contributed by atoms with Crippen LogP contribution in [0.2, 0.25) is 0 Å². The van der Waals surface area contributed by atoms with Crippen molar-refractivity contribution in [2.45, 2.75) is 20.8 Å². The molecule has 0 aliphatic heterocycles. The molecule has 0 radical (unpaired) electrons. The lowest BCUT2D eigenvalue weighted by Crippen LogP contribution is -2.39. The molecule has 0 aliphatic carbocycles. The van der Waals surface area contributed by atoms with Gasteiger partial charge in [0.05, 0.1) is 0 Å². The van der Waals surface area contributed by atoms with Crippen LogP contribution in [0.3, 0.4) is 0 Å². The van der Waals surface area contributed by atoms with Crippen molar-refractivity contribution in [2.75, 3.05) is 13.1 Å². The summed E-state index contributed by atoms with van der Waals surface area (Å²) in [6.07, 6.45) is 0. The maximum atomic E-state index is 11.2. The van der Waals surface area contributed by atoms with E-state index < -0.39 is 17.8 Å². The van der Waals surface area contributed by atoms with Gasteiger partial charge in [-0.15, -0.1) is 0 Å². The molecule has 0 saturated heterocycles. The molecule has 0 saturated carbocycles. The Morgan fingerprint density at radius 3 is 1.81 bits per heavy atom. The molecule has 0 aromatic heterocycles.